The van der Waals surface area contributed by atoms with E-state index in [0.717, 1.165) is 17.8 Å². The highest BCUT2D eigenvalue weighted by molar-refractivity contribution is 7.09. The fraction of sp³-hybridized carbons (Fsp3) is 0.375. The van der Waals surface area contributed by atoms with Gasteiger partial charge < -0.3 is 10.4 Å². The summed E-state index contributed by atoms with van der Waals surface area (Å²) in [6, 6.07) is 10.0. The van der Waals surface area contributed by atoms with Gasteiger partial charge >= 0.3 is 0 Å². The number of aliphatic hydroxyl groups is 1. The van der Waals surface area contributed by atoms with Crippen molar-refractivity contribution in [2.24, 2.45) is 0 Å². The first-order chi connectivity index (χ1) is 10.2. The molecule has 0 aliphatic carbocycles. The van der Waals surface area contributed by atoms with E-state index in [9.17, 15) is 9.90 Å². The standard InChI is InChI=1S/C16H20N2O2S/c1-2-6-13(19)10-17-16(20)14-11-21-15(18-14)9-12-7-4-3-5-8-12/h3-5,7-8,11,13,19H,2,6,9-10H2,1H3,(H,17,20). The second kappa shape index (κ2) is 7.90. The number of aromatic nitrogens is 1. The largest absolute Gasteiger partial charge is 0.391 e. The van der Waals surface area contributed by atoms with Gasteiger partial charge in [0.15, 0.2) is 0 Å². The summed E-state index contributed by atoms with van der Waals surface area (Å²) in [6.45, 7) is 2.28. The van der Waals surface area contributed by atoms with Crippen LogP contribution in [0.15, 0.2) is 35.7 Å². The van der Waals surface area contributed by atoms with Crippen LogP contribution >= 0.6 is 11.3 Å². The quantitative estimate of drug-likeness (QED) is 0.826. The maximum atomic E-state index is 11.9. The highest BCUT2D eigenvalue weighted by atomic mass is 32.1. The van der Waals surface area contributed by atoms with Gasteiger partial charge in [0, 0.05) is 18.3 Å². The van der Waals surface area contributed by atoms with E-state index in [1.165, 1.54) is 16.9 Å². The monoisotopic (exact) mass is 304 g/mol. The zero-order valence-electron chi connectivity index (χ0n) is 12.1. The highest BCUT2D eigenvalue weighted by Gasteiger charge is 2.12. The van der Waals surface area contributed by atoms with Gasteiger partial charge in [0.25, 0.3) is 5.91 Å². The Bertz CT molecular complexity index is 569. The smallest absolute Gasteiger partial charge is 0.270 e. The van der Waals surface area contributed by atoms with Crippen molar-refractivity contribution in [1.82, 2.24) is 10.3 Å². The first-order valence-electron chi connectivity index (χ1n) is 7.13. The molecule has 2 N–H and O–H groups in total. The number of nitrogens with one attached hydrogen (secondary N) is 1. The average Bonchev–Trinajstić information content (AvgIpc) is 2.95. The van der Waals surface area contributed by atoms with Crippen molar-refractivity contribution in [2.45, 2.75) is 32.3 Å². The molecule has 2 aromatic rings. The third kappa shape index (κ3) is 4.95. The summed E-state index contributed by atoms with van der Waals surface area (Å²) >= 11 is 1.48. The van der Waals surface area contributed by atoms with E-state index in [2.05, 4.69) is 10.3 Å². The molecule has 4 nitrogen and oxygen atoms in total. The highest BCUT2D eigenvalue weighted by Crippen LogP contribution is 2.14. The molecule has 21 heavy (non-hydrogen) atoms. The molecule has 0 aliphatic rings. The molecule has 1 unspecified atom stereocenters. The Morgan fingerprint density at radius 3 is 2.86 bits per heavy atom. The third-order valence-corrected chi connectivity index (χ3v) is 3.95. The fourth-order valence-corrected chi connectivity index (χ4v) is 2.81. The van der Waals surface area contributed by atoms with Gasteiger partial charge in [0.2, 0.25) is 0 Å². The number of aliphatic hydroxyl groups excluding tert-OH is 1. The summed E-state index contributed by atoms with van der Waals surface area (Å²) in [5.74, 6) is -0.222. The number of benzene rings is 1. The second-order valence-corrected chi connectivity index (χ2v) is 5.88. The Balaban J connectivity index is 1.89. The fourth-order valence-electron chi connectivity index (χ4n) is 2.00. The summed E-state index contributed by atoms with van der Waals surface area (Å²) in [4.78, 5) is 16.3. The van der Waals surface area contributed by atoms with Crippen LogP contribution in [0.2, 0.25) is 0 Å². The molecule has 0 saturated carbocycles. The molecule has 0 aliphatic heterocycles. The van der Waals surface area contributed by atoms with Crippen LogP contribution in [0.5, 0.6) is 0 Å². The number of carbonyl (C=O) groups excluding carboxylic acids is 1. The Morgan fingerprint density at radius 2 is 2.14 bits per heavy atom. The molecule has 0 radical (unpaired) electrons. The molecule has 1 aromatic carbocycles. The first-order valence-corrected chi connectivity index (χ1v) is 8.01. The van der Waals surface area contributed by atoms with Gasteiger partial charge in [-0.2, -0.15) is 0 Å². The lowest BCUT2D eigenvalue weighted by molar-refractivity contribution is 0.0906. The molecule has 1 atom stereocenters. The zero-order chi connectivity index (χ0) is 15.1. The predicted molar refractivity (Wildman–Crippen MR) is 84.6 cm³/mol. The summed E-state index contributed by atoms with van der Waals surface area (Å²) in [6.07, 6.45) is 1.84. The number of thiazole rings is 1. The van der Waals surface area contributed by atoms with Gasteiger partial charge in [0.05, 0.1) is 11.1 Å². The van der Waals surface area contributed by atoms with Gasteiger partial charge in [0.1, 0.15) is 5.69 Å². The lowest BCUT2D eigenvalue weighted by atomic mass is 10.2. The summed E-state index contributed by atoms with van der Waals surface area (Å²) in [5.41, 5.74) is 1.60. The lowest BCUT2D eigenvalue weighted by Gasteiger charge is -2.09. The molecular weight excluding hydrogens is 284 g/mol. The average molecular weight is 304 g/mol. The van der Waals surface area contributed by atoms with Crippen molar-refractivity contribution in [3.63, 3.8) is 0 Å². The lowest BCUT2D eigenvalue weighted by Crippen LogP contribution is -2.32. The van der Waals surface area contributed by atoms with Gasteiger partial charge in [-0.15, -0.1) is 11.3 Å². The van der Waals surface area contributed by atoms with Crippen LogP contribution in [0, 0.1) is 0 Å². The van der Waals surface area contributed by atoms with Crippen molar-refractivity contribution in [2.75, 3.05) is 6.54 Å². The summed E-state index contributed by atoms with van der Waals surface area (Å²) < 4.78 is 0. The molecule has 5 heteroatoms. The minimum absolute atomic E-state index is 0.222. The van der Waals surface area contributed by atoms with Crippen LogP contribution in [-0.2, 0) is 6.42 Å². The molecule has 1 aromatic heterocycles. The van der Waals surface area contributed by atoms with Crippen molar-refractivity contribution >= 4 is 17.2 Å². The van der Waals surface area contributed by atoms with E-state index >= 15 is 0 Å². The molecular formula is C16H20N2O2S. The third-order valence-electron chi connectivity index (χ3n) is 3.10. The van der Waals surface area contributed by atoms with E-state index in [1.54, 1.807) is 5.38 Å². The molecule has 2 rings (SSSR count). The van der Waals surface area contributed by atoms with E-state index < -0.39 is 6.10 Å². The Morgan fingerprint density at radius 1 is 1.38 bits per heavy atom. The maximum absolute atomic E-state index is 11.9. The summed E-state index contributed by atoms with van der Waals surface area (Å²) in [5, 5.41) is 15.0. The normalized spacial score (nSPS) is 12.1. The van der Waals surface area contributed by atoms with Crippen molar-refractivity contribution in [3.8, 4) is 0 Å². The topological polar surface area (TPSA) is 62.2 Å². The molecule has 0 saturated heterocycles. The van der Waals surface area contributed by atoms with E-state index in [4.69, 9.17) is 0 Å². The van der Waals surface area contributed by atoms with E-state index in [1.807, 2.05) is 37.3 Å². The van der Waals surface area contributed by atoms with Gasteiger partial charge in [-0.05, 0) is 12.0 Å². The number of rotatable bonds is 7. The van der Waals surface area contributed by atoms with Crippen LogP contribution in [0.25, 0.3) is 0 Å². The minimum atomic E-state index is -0.485. The van der Waals surface area contributed by atoms with Crippen molar-refractivity contribution in [3.05, 3.63) is 52.0 Å². The van der Waals surface area contributed by atoms with Crippen molar-refractivity contribution in [1.29, 1.82) is 0 Å². The van der Waals surface area contributed by atoms with Gasteiger partial charge in [-0.3, -0.25) is 4.79 Å². The Kier molecular flexibility index (Phi) is 5.90. The summed E-state index contributed by atoms with van der Waals surface area (Å²) in [7, 11) is 0. The van der Waals surface area contributed by atoms with E-state index in [-0.39, 0.29) is 12.5 Å². The first kappa shape index (κ1) is 15.7. The molecule has 112 valence electrons. The van der Waals surface area contributed by atoms with E-state index in [0.29, 0.717) is 12.1 Å². The molecule has 0 fully saturated rings. The number of nitrogens with zero attached hydrogens (tertiary/aromatic N) is 1. The molecule has 0 bridgehead atoms. The zero-order valence-corrected chi connectivity index (χ0v) is 12.9. The van der Waals surface area contributed by atoms with Crippen LogP contribution in [0.3, 0.4) is 0 Å². The number of carbonyl (C=O) groups is 1. The van der Waals surface area contributed by atoms with Gasteiger partial charge in [-0.25, -0.2) is 4.98 Å². The maximum Gasteiger partial charge on any atom is 0.270 e. The Labute approximate surface area is 128 Å². The molecule has 0 spiro atoms. The van der Waals surface area contributed by atoms with Crippen LogP contribution in [0.4, 0.5) is 0 Å². The molecule has 1 amide bonds. The SMILES string of the molecule is CCCC(O)CNC(=O)c1csc(Cc2ccccc2)n1. The number of hydrogen-bond donors (Lipinski definition) is 2. The number of amides is 1. The molecule has 1 heterocycles. The second-order valence-electron chi connectivity index (χ2n) is 4.94. The minimum Gasteiger partial charge on any atom is -0.391 e. The predicted octanol–water partition coefficient (Wildman–Crippen LogP) is 2.62. The van der Waals surface area contributed by atoms with Crippen LogP contribution in [-0.4, -0.2) is 28.6 Å². The van der Waals surface area contributed by atoms with Crippen molar-refractivity contribution < 1.29 is 9.90 Å². The van der Waals surface area contributed by atoms with Crippen LogP contribution in [0.1, 0.15) is 40.8 Å². The van der Waals surface area contributed by atoms with Crippen LogP contribution < -0.4 is 5.32 Å². The van der Waals surface area contributed by atoms with Gasteiger partial charge in [-0.1, -0.05) is 43.7 Å². The Hall–Kier alpha value is -1.72. The number of hydrogen-bond acceptors (Lipinski definition) is 4.